The third kappa shape index (κ3) is 4.93. The molecule has 0 atom stereocenters. The van der Waals surface area contributed by atoms with Crippen LogP contribution in [-0.2, 0) is 24.3 Å². The van der Waals surface area contributed by atoms with Gasteiger partial charge in [-0.3, -0.25) is 9.59 Å². The first-order valence-corrected chi connectivity index (χ1v) is 10.9. The number of ether oxygens (including phenoxy) is 1. The first-order chi connectivity index (χ1) is 12.8. The largest absolute Gasteiger partial charge is 0.455 e. The highest BCUT2D eigenvalue weighted by Gasteiger charge is 2.34. The van der Waals surface area contributed by atoms with Crippen molar-refractivity contribution in [1.82, 2.24) is 9.62 Å². The maximum absolute atomic E-state index is 12.8. The molecule has 0 aromatic heterocycles. The molecule has 0 spiro atoms. The van der Waals surface area contributed by atoms with Crippen molar-refractivity contribution in [3.05, 3.63) is 28.2 Å². The SMILES string of the molecule is O=C(COC(=O)C1CCN(S(=O)(=O)c2cccc(Cl)c2Cl)CC1)NC1CC1. The van der Waals surface area contributed by atoms with E-state index in [1.165, 1.54) is 22.5 Å². The summed E-state index contributed by atoms with van der Waals surface area (Å²) in [5.41, 5.74) is 0. The topological polar surface area (TPSA) is 92.8 Å². The van der Waals surface area contributed by atoms with Gasteiger partial charge in [0.2, 0.25) is 10.0 Å². The summed E-state index contributed by atoms with van der Waals surface area (Å²) in [5, 5.41) is 2.90. The lowest BCUT2D eigenvalue weighted by atomic mass is 9.98. The van der Waals surface area contributed by atoms with Crippen LogP contribution < -0.4 is 5.32 Å². The lowest BCUT2D eigenvalue weighted by molar-refractivity contribution is -0.153. The number of esters is 1. The van der Waals surface area contributed by atoms with E-state index in [-0.39, 0.29) is 46.6 Å². The Balaban J connectivity index is 1.53. The minimum atomic E-state index is -3.80. The summed E-state index contributed by atoms with van der Waals surface area (Å²) in [5.74, 6) is -1.21. The first kappa shape index (κ1) is 20.4. The fourth-order valence-corrected chi connectivity index (χ4v) is 5.11. The molecule has 2 fully saturated rings. The molecule has 3 rings (SSSR count). The summed E-state index contributed by atoms with van der Waals surface area (Å²) >= 11 is 11.9. The van der Waals surface area contributed by atoms with Crippen molar-refractivity contribution in [1.29, 1.82) is 0 Å². The van der Waals surface area contributed by atoms with Gasteiger partial charge in [0.1, 0.15) is 4.90 Å². The highest BCUT2D eigenvalue weighted by atomic mass is 35.5. The molecular weight excluding hydrogens is 415 g/mol. The Kier molecular flexibility index (Phi) is 6.30. The molecule has 27 heavy (non-hydrogen) atoms. The Labute approximate surface area is 168 Å². The summed E-state index contributed by atoms with van der Waals surface area (Å²) in [7, 11) is -3.80. The van der Waals surface area contributed by atoms with Crippen LogP contribution in [0.3, 0.4) is 0 Å². The molecule has 1 aromatic carbocycles. The Morgan fingerprint density at radius 3 is 2.44 bits per heavy atom. The van der Waals surface area contributed by atoms with Gasteiger partial charge in [0.25, 0.3) is 5.91 Å². The second-order valence-electron chi connectivity index (χ2n) is 6.68. The maximum Gasteiger partial charge on any atom is 0.309 e. The monoisotopic (exact) mass is 434 g/mol. The number of carbonyl (C=O) groups excluding carboxylic acids is 2. The molecule has 1 aliphatic carbocycles. The van der Waals surface area contributed by atoms with Crippen LogP contribution in [0.25, 0.3) is 0 Å². The van der Waals surface area contributed by atoms with Gasteiger partial charge >= 0.3 is 5.97 Å². The lowest BCUT2D eigenvalue weighted by Gasteiger charge is -2.30. The molecule has 1 amide bonds. The average Bonchev–Trinajstić information content (AvgIpc) is 3.46. The molecule has 7 nitrogen and oxygen atoms in total. The number of halogens is 2. The highest BCUT2D eigenvalue weighted by molar-refractivity contribution is 7.89. The number of benzene rings is 1. The number of nitrogens with zero attached hydrogens (tertiary/aromatic N) is 1. The van der Waals surface area contributed by atoms with Crippen molar-refractivity contribution in [3.63, 3.8) is 0 Å². The molecule has 0 radical (unpaired) electrons. The van der Waals surface area contributed by atoms with Crippen LogP contribution >= 0.6 is 23.2 Å². The molecule has 148 valence electrons. The molecule has 0 bridgehead atoms. The third-order valence-electron chi connectivity index (χ3n) is 4.61. The quantitative estimate of drug-likeness (QED) is 0.692. The van der Waals surface area contributed by atoms with Crippen LogP contribution in [0, 0.1) is 5.92 Å². The summed E-state index contributed by atoms with van der Waals surface area (Å²) in [6, 6.07) is 4.66. The number of sulfonamides is 1. The molecule has 10 heteroatoms. The van der Waals surface area contributed by atoms with Crippen molar-refractivity contribution in [2.75, 3.05) is 19.7 Å². The molecule has 1 saturated carbocycles. The number of hydrogen-bond acceptors (Lipinski definition) is 5. The van der Waals surface area contributed by atoms with E-state index in [1.807, 2.05) is 0 Å². The van der Waals surface area contributed by atoms with Crippen molar-refractivity contribution in [3.8, 4) is 0 Å². The normalized spacial score (nSPS) is 18.9. The number of carbonyl (C=O) groups is 2. The van der Waals surface area contributed by atoms with Crippen molar-refractivity contribution < 1.29 is 22.7 Å². The van der Waals surface area contributed by atoms with Gasteiger partial charge in [0.05, 0.1) is 16.0 Å². The lowest BCUT2D eigenvalue weighted by Crippen LogP contribution is -2.41. The second kappa shape index (κ2) is 8.34. The maximum atomic E-state index is 12.8. The van der Waals surface area contributed by atoms with Crippen LogP contribution in [0.4, 0.5) is 0 Å². The zero-order chi connectivity index (χ0) is 19.6. The Bertz CT molecular complexity index is 834. The van der Waals surface area contributed by atoms with E-state index in [4.69, 9.17) is 27.9 Å². The van der Waals surface area contributed by atoms with Crippen LogP contribution in [0.5, 0.6) is 0 Å². The van der Waals surface area contributed by atoms with E-state index in [9.17, 15) is 18.0 Å². The van der Waals surface area contributed by atoms with Gasteiger partial charge < -0.3 is 10.1 Å². The van der Waals surface area contributed by atoms with E-state index >= 15 is 0 Å². The van der Waals surface area contributed by atoms with Crippen LogP contribution in [0.2, 0.25) is 10.0 Å². The molecular formula is C17H20Cl2N2O5S. The smallest absolute Gasteiger partial charge is 0.309 e. The van der Waals surface area contributed by atoms with E-state index in [0.29, 0.717) is 12.8 Å². The summed E-state index contributed by atoms with van der Waals surface area (Å²) in [6.07, 6.45) is 2.56. The molecule has 1 aromatic rings. The van der Waals surface area contributed by atoms with Crippen LogP contribution in [0.1, 0.15) is 25.7 Å². The van der Waals surface area contributed by atoms with Crippen LogP contribution in [0.15, 0.2) is 23.1 Å². The van der Waals surface area contributed by atoms with Gasteiger partial charge in [0, 0.05) is 19.1 Å². The fraction of sp³-hybridized carbons (Fsp3) is 0.529. The van der Waals surface area contributed by atoms with Crippen molar-refractivity contribution >= 4 is 45.1 Å². The van der Waals surface area contributed by atoms with Gasteiger partial charge in [-0.1, -0.05) is 29.3 Å². The molecule has 1 aliphatic heterocycles. The number of amides is 1. The molecule has 1 N–H and O–H groups in total. The Morgan fingerprint density at radius 2 is 1.81 bits per heavy atom. The Hall–Kier alpha value is -1.35. The summed E-state index contributed by atoms with van der Waals surface area (Å²) in [6.45, 7) is 0.0321. The van der Waals surface area contributed by atoms with Gasteiger partial charge in [-0.15, -0.1) is 0 Å². The van der Waals surface area contributed by atoms with Crippen molar-refractivity contribution in [2.24, 2.45) is 5.92 Å². The minimum absolute atomic E-state index is 0.0117. The van der Waals surface area contributed by atoms with E-state index < -0.39 is 21.9 Å². The number of rotatable bonds is 6. The van der Waals surface area contributed by atoms with Gasteiger partial charge in [-0.25, -0.2) is 8.42 Å². The minimum Gasteiger partial charge on any atom is -0.455 e. The molecule has 1 saturated heterocycles. The molecule has 1 heterocycles. The van der Waals surface area contributed by atoms with E-state index in [1.54, 1.807) is 0 Å². The summed E-state index contributed by atoms with van der Waals surface area (Å²) in [4.78, 5) is 23.7. The van der Waals surface area contributed by atoms with Crippen LogP contribution in [-0.4, -0.2) is 50.3 Å². The zero-order valence-corrected chi connectivity index (χ0v) is 16.8. The molecule has 0 unspecified atom stereocenters. The zero-order valence-electron chi connectivity index (χ0n) is 14.5. The first-order valence-electron chi connectivity index (χ1n) is 8.69. The van der Waals surface area contributed by atoms with Gasteiger partial charge in [-0.2, -0.15) is 4.31 Å². The third-order valence-corrected chi connectivity index (χ3v) is 7.48. The van der Waals surface area contributed by atoms with Gasteiger partial charge in [0.15, 0.2) is 6.61 Å². The molecule has 2 aliphatic rings. The average molecular weight is 435 g/mol. The highest BCUT2D eigenvalue weighted by Crippen LogP contribution is 2.32. The fourth-order valence-electron chi connectivity index (χ4n) is 2.91. The Morgan fingerprint density at radius 1 is 1.15 bits per heavy atom. The standard InChI is InChI=1S/C17H20Cl2N2O5S/c18-13-2-1-3-14(16(13)19)27(24,25)21-8-6-11(7-9-21)17(23)26-10-15(22)20-12-4-5-12/h1-3,11-12H,4-10H2,(H,20,22). The van der Waals surface area contributed by atoms with E-state index in [0.717, 1.165) is 12.8 Å². The van der Waals surface area contributed by atoms with Crippen molar-refractivity contribution in [2.45, 2.75) is 36.6 Å². The number of nitrogens with one attached hydrogen (secondary N) is 1. The number of hydrogen-bond donors (Lipinski definition) is 1. The van der Waals surface area contributed by atoms with Gasteiger partial charge in [-0.05, 0) is 37.8 Å². The number of piperidine rings is 1. The predicted octanol–water partition coefficient (Wildman–Crippen LogP) is 2.22. The van der Waals surface area contributed by atoms with E-state index in [2.05, 4.69) is 5.32 Å². The predicted molar refractivity (Wildman–Crippen MR) is 100 cm³/mol. The second-order valence-corrected chi connectivity index (χ2v) is 9.37. The summed E-state index contributed by atoms with van der Waals surface area (Å²) < 4.78 is 31.9.